The van der Waals surface area contributed by atoms with Gasteiger partial charge in [-0.1, -0.05) is 60.7 Å². The van der Waals surface area contributed by atoms with Crippen LogP contribution in [0.15, 0.2) is 85.3 Å². The summed E-state index contributed by atoms with van der Waals surface area (Å²) in [4.78, 5) is 11.2. The highest BCUT2D eigenvalue weighted by Gasteiger charge is 2.19. The van der Waals surface area contributed by atoms with E-state index in [-0.39, 0.29) is 18.3 Å². The van der Waals surface area contributed by atoms with Crippen LogP contribution in [0.4, 0.5) is 0 Å². The lowest BCUT2D eigenvalue weighted by Gasteiger charge is -2.16. The highest BCUT2D eigenvalue weighted by atomic mass is 35.5. The number of nitrogens with zero attached hydrogens (tertiary/aromatic N) is 1. The van der Waals surface area contributed by atoms with E-state index in [2.05, 4.69) is 81.7 Å². The molecule has 0 amide bonds. The summed E-state index contributed by atoms with van der Waals surface area (Å²) in [5.74, 6) is 0.114. The number of nitrogens with one attached hydrogen (secondary N) is 2. The Balaban J connectivity index is 0.00000168. The van der Waals surface area contributed by atoms with Crippen LogP contribution >= 0.6 is 12.4 Å². The van der Waals surface area contributed by atoms with Gasteiger partial charge in [-0.25, -0.2) is 4.98 Å². The first-order valence-electron chi connectivity index (χ1n) is 8.44. The van der Waals surface area contributed by atoms with Crippen molar-refractivity contribution in [3.8, 4) is 0 Å². The summed E-state index contributed by atoms with van der Waals surface area (Å²) in [7, 11) is 0. The van der Waals surface area contributed by atoms with Gasteiger partial charge >= 0.3 is 0 Å². The molecule has 0 saturated heterocycles. The first-order chi connectivity index (χ1) is 12.4. The molecule has 0 aliphatic heterocycles. The van der Waals surface area contributed by atoms with Crippen molar-refractivity contribution in [1.29, 1.82) is 0 Å². The Morgan fingerprint density at radius 1 is 0.731 bits per heavy atom. The summed E-state index contributed by atoms with van der Waals surface area (Å²) in [6.07, 6.45) is 3.72. The van der Waals surface area contributed by atoms with Crippen LogP contribution in [0.5, 0.6) is 0 Å². The number of rotatable bonds is 3. The predicted molar refractivity (Wildman–Crippen MR) is 109 cm³/mol. The van der Waals surface area contributed by atoms with Crippen molar-refractivity contribution in [2.75, 3.05) is 0 Å². The monoisotopic (exact) mass is 359 g/mol. The summed E-state index contributed by atoms with van der Waals surface area (Å²) in [6.45, 7) is 0. The first kappa shape index (κ1) is 16.4. The molecule has 2 N–H and O–H groups in total. The van der Waals surface area contributed by atoms with Crippen molar-refractivity contribution in [3.63, 3.8) is 0 Å². The second-order valence-electron chi connectivity index (χ2n) is 6.31. The van der Waals surface area contributed by atoms with Crippen molar-refractivity contribution < 1.29 is 0 Å². The number of para-hydroxylation sites is 1. The Morgan fingerprint density at radius 2 is 1.50 bits per heavy atom. The van der Waals surface area contributed by atoms with E-state index >= 15 is 0 Å². The van der Waals surface area contributed by atoms with Crippen LogP contribution in [0.1, 0.15) is 22.7 Å². The molecule has 128 valence electrons. The van der Waals surface area contributed by atoms with Gasteiger partial charge in [0, 0.05) is 28.0 Å². The van der Waals surface area contributed by atoms with Gasteiger partial charge in [-0.05, 0) is 23.3 Å². The van der Waals surface area contributed by atoms with Crippen LogP contribution in [0.25, 0.3) is 21.8 Å². The number of aromatic nitrogens is 3. The van der Waals surface area contributed by atoms with Gasteiger partial charge in [0.2, 0.25) is 0 Å². The molecule has 0 fully saturated rings. The molecular formula is C22H18ClN3. The summed E-state index contributed by atoms with van der Waals surface area (Å²) in [5.41, 5.74) is 5.84. The van der Waals surface area contributed by atoms with Gasteiger partial charge in [-0.15, -0.1) is 12.4 Å². The van der Waals surface area contributed by atoms with Gasteiger partial charge in [0.15, 0.2) is 0 Å². The Kier molecular flexibility index (Phi) is 4.23. The molecule has 5 rings (SSSR count). The van der Waals surface area contributed by atoms with Crippen LogP contribution in [0.3, 0.4) is 0 Å². The van der Waals surface area contributed by atoms with E-state index < -0.39 is 0 Å². The lowest BCUT2D eigenvalue weighted by Crippen LogP contribution is -2.03. The summed E-state index contributed by atoms with van der Waals surface area (Å²) in [6, 6.07) is 25.6. The molecule has 0 aliphatic rings. The topological polar surface area (TPSA) is 44.5 Å². The van der Waals surface area contributed by atoms with Crippen molar-refractivity contribution in [2.45, 2.75) is 5.92 Å². The fourth-order valence-corrected chi connectivity index (χ4v) is 3.66. The number of hydrogen-bond acceptors (Lipinski definition) is 1. The number of H-pyrrole nitrogens is 2. The molecule has 0 spiro atoms. The average molecular weight is 360 g/mol. The third-order valence-corrected chi connectivity index (χ3v) is 4.81. The molecule has 0 radical (unpaired) electrons. The average Bonchev–Trinajstić information content (AvgIpc) is 3.30. The molecule has 26 heavy (non-hydrogen) atoms. The molecule has 3 nitrogen and oxygen atoms in total. The highest BCUT2D eigenvalue weighted by Crippen LogP contribution is 2.34. The molecule has 2 aromatic heterocycles. The molecule has 4 heteroatoms. The minimum Gasteiger partial charge on any atom is -0.355 e. The second-order valence-corrected chi connectivity index (χ2v) is 6.31. The maximum Gasteiger partial charge on any atom is 0.0923 e. The van der Waals surface area contributed by atoms with E-state index in [4.69, 9.17) is 0 Å². The summed E-state index contributed by atoms with van der Waals surface area (Å²) >= 11 is 0. The van der Waals surface area contributed by atoms with E-state index in [1.807, 2.05) is 12.3 Å². The van der Waals surface area contributed by atoms with E-state index in [1.165, 1.54) is 27.4 Å². The largest absolute Gasteiger partial charge is 0.355 e. The van der Waals surface area contributed by atoms with Crippen LogP contribution in [-0.4, -0.2) is 15.0 Å². The minimum absolute atomic E-state index is 0. The molecular weight excluding hydrogens is 342 g/mol. The summed E-state index contributed by atoms with van der Waals surface area (Å²) < 4.78 is 0. The number of halogens is 1. The first-order valence-corrected chi connectivity index (χ1v) is 8.44. The molecule has 1 atom stereocenters. The number of aromatic amines is 2. The normalized spacial score (nSPS) is 12.2. The van der Waals surface area contributed by atoms with Gasteiger partial charge in [-0.2, -0.15) is 0 Å². The fraction of sp³-hybridized carbons (Fsp3) is 0.0455. The Bertz CT molecular complexity index is 1140. The van der Waals surface area contributed by atoms with Gasteiger partial charge in [0.05, 0.1) is 17.9 Å². The zero-order valence-electron chi connectivity index (χ0n) is 14.0. The molecule has 5 aromatic rings. The molecule has 3 aromatic carbocycles. The van der Waals surface area contributed by atoms with Crippen molar-refractivity contribution >= 4 is 34.2 Å². The van der Waals surface area contributed by atoms with Gasteiger partial charge < -0.3 is 9.97 Å². The predicted octanol–water partition coefficient (Wildman–Crippen LogP) is 5.65. The lowest BCUT2D eigenvalue weighted by atomic mass is 9.88. The van der Waals surface area contributed by atoms with Gasteiger partial charge in [0.1, 0.15) is 0 Å². The molecule has 0 saturated carbocycles. The van der Waals surface area contributed by atoms with Crippen LogP contribution in [0.2, 0.25) is 0 Å². The fourth-order valence-electron chi connectivity index (χ4n) is 3.66. The SMILES string of the molecule is Cl.c1ccc(C(c2ccc3c(c2)[nH]c2ccccc23)c2c[nH]cn2)cc1. The number of hydrogen-bond donors (Lipinski definition) is 2. The van der Waals surface area contributed by atoms with Crippen molar-refractivity contribution in [2.24, 2.45) is 0 Å². The molecule has 0 aliphatic carbocycles. The second kappa shape index (κ2) is 6.70. The standard InChI is InChI=1S/C22H17N3.ClH/c1-2-6-15(7-3-1)22(21-13-23-14-24-21)16-10-11-18-17-8-4-5-9-19(17)25-20(18)12-16;/h1-14,22,25H,(H,23,24);1H. The van der Waals surface area contributed by atoms with Crippen LogP contribution in [-0.2, 0) is 0 Å². The van der Waals surface area contributed by atoms with E-state index in [1.54, 1.807) is 6.33 Å². The maximum absolute atomic E-state index is 4.53. The van der Waals surface area contributed by atoms with Gasteiger partial charge in [0.25, 0.3) is 0 Å². The van der Waals surface area contributed by atoms with Crippen molar-refractivity contribution in [3.05, 3.63) is 102 Å². The van der Waals surface area contributed by atoms with Crippen LogP contribution < -0.4 is 0 Å². The quantitative estimate of drug-likeness (QED) is 0.429. The maximum atomic E-state index is 4.53. The molecule has 0 bridgehead atoms. The number of fused-ring (bicyclic) bond motifs is 3. The van der Waals surface area contributed by atoms with Crippen molar-refractivity contribution in [1.82, 2.24) is 15.0 Å². The lowest BCUT2D eigenvalue weighted by molar-refractivity contribution is 0.935. The summed E-state index contributed by atoms with van der Waals surface area (Å²) in [5, 5.41) is 2.52. The Morgan fingerprint density at radius 3 is 2.31 bits per heavy atom. The number of benzene rings is 3. The van der Waals surface area contributed by atoms with E-state index in [0.29, 0.717) is 0 Å². The molecule has 1 unspecified atom stereocenters. The van der Waals surface area contributed by atoms with E-state index in [0.717, 1.165) is 11.2 Å². The third-order valence-electron chi connectivity index (χ3n) is 4.81. The van der Waals surface area contributed by atoms with Gasteiger partial charge in [-0.3, -0.25) is 0 Å². The molecule has 2 heterocycles. The zero-order valence-corrected chi connectivity index (χ0v) is 14.8. The third kappa shape index (κ3) is 2.67. The Labute approximate surface area is 157 Å². The van der Waals surface area contributed by atoms with Crippen LogP contribution in [0, 0.1) is 0 Å². The zero-order chi connectivity index (χ0) is 16.6. The minimum atomic E-state index is 0. The highest BCUT2D eigenvalue weighted by molar-refractivity contribution is 6.07. The Hall–Kier alpha value is -3.04. The number of imidazole rings is 1. The van der Waals surface area contributed by atoms with E-state index in [9.17, 15) is 0 Å². The smallest absolute Gasteiger partial charge is 0.0923 e.